The van der Waals surface area contributed by atoms with Crippen molar-refractivity contribution < 1.29 is 4.79 Å². The number of nitrogens with zero attached hydrogens (tertiary/aromatic N) is 3. The smallest absolute Gasteiger partial charge is 0.253 e. The fourth-order valence-electron chi connectivity index (χ4n) is 2.63. The summed E-state index contributed by atoms with van der Waals surface area (Å²) in [4.78, 5) is 23.4. The molecule has 1 aliphatic rings. The summed E-state index contributed by atoms with van der Waals surface area (Å²) in [6.45, 7) is 6.50. The Kier molecular flexibility index (Phi) is 5.77. The predicted molar refractivity (Wildman–Crippen MR) is 96.6 cm³/mol. The monoisotopic (exact) mass is 345 g/mol. The average molecular weight is 345 g/mol. The van der Waals surface area contributed by atoms with Crippen molar-refractivity contribution >= 4 is 23.1 Å². The summed E-state index contributed by atoms with van der Waals surface area (Å²) in [6.07, 6.45) is 3.68. The van der Waals surface area contributed by atoms with E-state index in [1.807, 2.05) is 17.5 Å². The highest BCUT2D eigenvalue weighted by molar-refractivity contribution is 7.09. The second-order valence-electron chi connectivity index (χ2n) is 5.76. The second-order valence-corrected chi connectivity index (χ2v) is 6.71. The third kappa shape index (κ3) is 4.30. The van der Waals surface area contributed by atoms with Crippen LogP contribution in [-0.4, -0.2) is 42.1 Å². The topological polar surface area (TPSA) is 70.2 Å². The van der Waals surface area contributed by atoms with Gasteiger partial charge in [-0.25, -0.2) is 9.97 Å². The van der Waals surface area contributed by atoms with Gasteiger partial charge < -0.3 is 15.5 Å². The van der Waals surface area contributed by atoms with E-state index in [2.05, 4.69) is 32.4 Å². The number of amides is 1. The Bertz CT molecular complexity index is 662. The van der Waals surface area contributed by atoms with Gasteiger partial charge in [-0.3, -0.25) is 4.79 Å². The van der Waals surface area contributed by atoms with Crippen LogP contribution in [0, 0.1) is 0 Å². The highest BCUT2D eigenvalue weighted by atomic mass is 32.1. The van der Waals surface area contributed by atoms with Crippen molar-refractivity contribution in [3.63, 3.8) is 0 Å². The Morgan fingerprint density at radius 1 is 1.38 bits per heavy atom. The maximum Gasteiger partial charge on any atom is 0.253 e. The average Bonchev–Trinajstić information content (AvgIpc) is 2.92. The number of aromatic nitrogens is 2. The van der Waals surface area contributed by atoms with Crippen molar-refractivity contribution in [2.75, 3.05) is 31.1 Å². The summed E-state index contributed by atoms with van der Waals surface area (Å²) >= 11 is 1.58. The van der Waals surface area contributed by atoms with Crippen LogP contribution in [0.1, 0.15) is 34.4 Å². The number of pyridine rings is 1. The largest absolute Gasteiger partial charge is 0.355 e. The van der Waals surface area contributed by atoms with Crippen LogP contribution < -0.4 is 15.5 Å². The van der Waals surface area contributed by atoms with E-state index in [0.29, 0.717) is 12.1 Å². The molecular formula is C17H23N5OS. The second kappa shape index (κ2) is 8.21. The SMILES string of the molecule is CCc1csc(CNC(=O)c2ccc(N3CCCNCC3)nc2)n1. The van der Waals surface area contributed by atoms with E-state index in [1.54, 1.807) is 17.5 Å². The molecule has 2 aromatic rings. The van der Waals surface area contributed by atoms with E-state index < -0.39 is 0 Å². The summed E-state index contributed by atoms with van der Waals surface area (Å²) in [5.74, 6) is 0.822. The van der Waals surface area contributed by atoms with Gasteiger partial charge in [0, 0.05) is 31.2 Å². The van der Waals surface area contributed by atoms with E-state index in [-0.39, 0.29) is 5.91 Å². The summed E-state index contributed by atoms with van der Waals surface area (Å²) < 4.78 is 0. The van der Waals surface area contributed by atoms with Crippen molar-refractivity contribution in [3.8, 4) is 0 Å². The molecule has 3 rings (SSSR count). The van der Waals surface area contributed by atoms with E-state index >= 15 is 0 Å². The molecule has 0 atom stereocenters. The lowest BCUT2D eigenvalue weighted by molar-refractivity contribution is 0.0950. The van der Waals surface area contributed by atoms with Gasteiger partial charge in [-0.15, -0.1) is 11.3 Å². The molecule has 6 nitrogen and oxygen atoms in total. The summed E-state index contributed by atoms with van der Waals surface area (Å²) in [7, 11) is 0. The molecule has 0 aliphatic carbocycles. The first-order chi connectivity index (χ1) is 11.8. The normalized spacial score (nSPS) is 15.1. The number of hydrogen-bond donors (Lipinski definition) is 2. The Hall–Kier alpha value is -1.99. The van der Waals surface area contributed by atoms with Gasteiger partial charge in [0.25, 0.3) is 5.91 Å². The Morgan fingerprint density at radius 3 is 3.04 bits per heavy atom. The highest BCUT2D eigenvalue weighted by Gasteiger charge is 2.12. The molecule has 1 amide bonds. The molecule has 0 unspecified atom stereocenters. The lowest BCUT2D eigenvalue weighted by Gasteiger charge is -2.20. The number of hydrogen-bond acceptors (Lipinski definition) is 6. The molecule has 2 aromatic heterocycles. The van der Waals surface area contributed by atoms with Crippen LogP contribution in [0.4, 0.5) is 5.82 Å². The van der Waals surface area contributed by atoms with Crippen molar-refractivity contribution in [2.24, 2.45) is 0 Å². The van der Waals surface area contributed by atoms with E-state index in [9.17, 15) is 4.79 Å². The van der Waals surface area contributed by atoms with Crippen LogP contribution in [0.2, 0.25) is 0 Å². The van der Waals surface area contributed by atoms with Crippen molar-refractivity contribution in [3.05, 3.63) is 40.0 Å². The number of rotatable bonds is 5. The first-order valence-electron chi connectivity index (χ1n) is 8.39. The van der Waals surface area contributed by atoms with Crippen molar-refractivity contribution in [1.29, 1.82) is 0 Å². The zero-order valence-corrected chi connectivity index (χ0v) is 14.7. The third-order valence-electron chi connectivity index (χ3n) is 4.04. The molecule has 0 saturated carbocycles. The molecule has 0 radical (unpaired) electrons. The number of aryl methyl sites for hydroxylation is 1. The highest BCUT2D eigenvalue weighted by Crippen LogP contribution is 2.13. The number of carbonyl (C=O) groups is 1. The van der Waals surface area contributed by atoms with Gasteiger partial charge in [-0.05, 0) is 31.5 Å². The molecule has 1 aliphatic heterocycles. The van der Waals surface area contributed by atoms with Gasteiger partial charge in [-0.2, -0.15) is 0 Å². The fraction of sp³-hybridized carbons (Fsp3) is 0.471. The van der Waals surface area contributed by atoms with Gasteiger partial charge in [0.1, 0.15) is 10.8 Å². The zero-order chi connectivity index (χ0) is 16.8. The van der Waals surface area contributed by atoms with E-state index in [4.69, 9.17) is 0 Å². The summed E-state index contributed by atoms with van der Waals surface area (Å²) in [5.41, 5.74) is 1.65. The van der Waals surface area contributed by atoms with Crippen LogP contribution in [0.25, 0.3) is 0 Å². The van der Waals surface area contributed by atoms with E-state index in [1.165, 1.54) is 0 Å². The molecule has 7 heteroatoms. The minimum atomic E-state index is -0.111. The Labute approximate surface area is 146 Å². The number of thiazole rings is 1. The first kappa shape index (κ1) is 16.9. The standard InChI is InChI=1S/C17H23N5OS/c1-2-14-12-24-16(21-14)11-20-17(23)13-4-5-15(19-10-13)22-8-3-6-18-7-9-22/h4-5,10,12,18H,2-3,6-9,11H2,1H3,(H,20,23). The Balaban J connectivity index is 1.56. The number of nitrogens with one attached hydrogen (secondary N) is 2. The van der Waals surface area contributed by atoms with Crippen LogP contribution in [0.3, 0.4) is 0 Å². The van der Waals surface area contributed by atoms with Gasteiger partial charge in [0.15, 0.2) is 0 Å². The molecule has 128 valence electrons. The molecule has 3 heterocycles. The quantitative estimate of drug-likeness (QED) is 0.865. The van der Waals surface area contributed by atoms with Gasteiger partial charge >= 0.3 is 0 Å². The lowest BCUT2D eigenvalue weighted by atomic mass is 10.2. The van der Waals surface area contributed by atoms with Crippen molar-refractivity contribution in [2.45, 2.75) is 26.3 Å². The molecule has 1 saturated heterocycles. The molecule has 24 heavy (non-hydrogen) atoms. The molecular weight excluding hydrogens is 322 g/mol. The van der Waals surface area contributed by atoms with Crippen molar-refractivity contribution in [1.82, 2.24) is 20.6 Å². The Morgan fingerprint density at radius 2 is 2.29 bits per heavy atom. The minimum absolute atomic E-state index is 0.111. The van der Waals surface area contributed by atoms with Gasteiger partial charge in [-0.1, -0.05) is 6.92 Å². The van der Waals surface area contributed by atoms with Crippen LogP contribution >= 0.6 is 11.3 Å². The summed E-state index contributed by atoms with van der Waals surface area (Å²) in [5, 5.41) is 9.25. The van der Waals surface area contributed by atoms with Crippen LogP contribution in [-0.2, 0) is 13.0 Å². The zero-order valence-electron chi connectivity index (χ0n) is 13.9. The van der Waals surface area contributed by atoms with Gasteiger partial charge in [0.05, 0.1) is 17.8 Å². The van der Waals surface area contributed by atoms with Crippen LogP contribution in [0.5, 0.6) is 0 Å². The lowest BCUT2D eigenvalue weighted by Crippen LogP contribution is -2.29. The predicted octanol–water partition coefficient (Wildman–Crippen LogP) is 1.83. The molecule has 2 N–H and O–H groups in total. The minimum Gasteiger partial charge on any atom is -0.355 e. The number of carbonyl (C=O) groups excluding carboxylic acids is 1. The maximum absolute atomic E-state index is 12.2. The third-order valence-corrected chi connectivity index (χ3v) is 4.93. The molecule has 0 bridgehead atoms. The van der Waals surface area contributed by atoms with E-state index in [0.717, 1.165) is 55.5 Å². The molecule has 0 aromatic carbocycles. The fourth-order valence-corrected chi connectivity index (χ4v) is 3.45. The molecule has 0 spiro atoms. The van der Waals surface area contributed by atoms with Crippen LogP contribution in [0.15, 0.2) is 23.7 Å². The first-order valence-corrected chi connectivity index (χ1v) is 9.27. The van der Waals surface area contributed by atoms with Gasteiger partial charge in [0.2, 0.25) is 0 Å². The molecule has 1 fully saturated rings. The maximum atomic E-state index is 12.2. The number of anilines is 1. The summed E-state index contributed by atoms with van der Waals surface area (Å²) in [6, 6.07) is 3.77.